The third-order valence-electron chi connectivity index (χ3n) is 3.05. The summed E-state index contributed by atoms with van der Waals surface area (Å²) in [7, 11) is 0. The molecule has 2 rings (SSSR count). The Morgan fingerprint density at radius 3 is 2.16 bits per heavy atom. The van der Waals surface area contributed by atoms with Gasteiger partial charge in [0.25, 0.3) is 0 Å². The molecule has 2 aromatic carbocycles. The first-order chi connectivity index (χ1) is 8.90. The van der Waals surface area contributed by atoms with Gasteiger partial charge in [0.1, 0.15) is 5.82 Å². The van der Waals surface area contributed by atoms with Crippen molar-refractivity contribution in [3.05, 3.63) is 67.3 Å². The van der Waals surface area contributed by atoms with Crippen LogP contribution in [-0.2, 0) is 0 Å². The molecule has 4 heteroatoms. The van der Waals surface area contributed by atoms with Crippen molar-refractivity contribution < 1.29 is 4.39 Å². The zero-order valence-electron chi connectivity index (χ0n) is 10.5. The van der Waals surface area contributed by atoms with Gasteiger partial charge in [-0.15, -0.1) is 11.6 Å². The van der Waals surface area contributed by atoms with Gasteiger partial charge in [0.15, 0.2) is 0 Å². The molecule has 0 heterocycles. The first-order valence-corrected chi connectivity index (χ1v) is 7.78. The fraction of sp³-hybridized carbons (Fsp3) is 0.200. The molecule has 0 aliphatic rings. The quantitative estimate of drug-likeness (QED) is 0.514. The van der Waals surface area contributed by atoms with Gasteiger partial charge < -0.3 is 0 Å². The second kappa shape index (κ2) is 5.94. The van der Waals surface area contributed by atoms with E-state index in [1.165, 1.54) is 12.1 Å². The summed E-state index contributed by atoms with van der Waals surface area (Å²) in [6.07, 6.45) is 0. The van der Waals surface area contributed by atoms with E-state index in [1.807, 2.05) is 32.0 Å². The first-order valence-electron chi connectivity index (χ1n) is 5.76. The van der Waals surface area contributed by atoms with E-state index >= 15 is 0 Å². The van der Waals surface area contributed by atoms with E-state index in [0.29, 0.717) is 0 Å². The monoisotopic (exact) mass is 404 g/mol. The largest absolute Gasteiger partial charge is 0.207 e. The lowest BCUT2D eigenvalue weighted by molar-refractivity contribution is 0.624. The molecule has 0 aliphatic carbocycles. The Hall–Kier alpha value is -0.380. The Kier molecular flexibility index (Phi) is 4.70. The number of halogens is 4. The predicted octanol–water partition coefficient (Wildman–Crippen LogP) is 6.30. The third-order valence-corrected chi connectivity index (χ3v) is 4.68. The smallest absolute Gasteiger partial charge is 0.123 e. The van der Waals surface area contributed by atoms with Gasteiger partial charge in [-0.2, -0.15) is 0 Å². The standard InChI is InChI=1S/C15H12Br2ClF/c1-8-5-11(19)6-9(2)14(8)15(18)12-4-3-10(16)7-13(12)17/h3-7,15H,1-2H3. The van der Waals surface area contributed by atoms with Crippen LogP contribution in [-0.4, -0.2) is 0 Å². The highest BCUT2D eigenvalue weighted by Crippen LogP contribution is 2.38. The van der Waals surface area contributed by atoms with E-state index in [9.17, 15) is 4.39 Å². The van der Waals surface area contributed by atoms with Crippen LogP contribution in [0.2, 0.25) is 0 Å². The van der Waals surface area contributed by atoms with E-state index < -0.39 is 0 Å². The molecule has 0 saturated heterocycles. The maximum atomic E-state index is 13.3. The lowest BCUT2D eigenvalue weighted by Crippen LogP contribution is -2.01. The fourth-order valence-corrected chi connectivity index (χ4v) is 4.13. The zero-order chi connectivity index (χ0) is 14.2. The van der Waals surface area contributed by atoms with Gasteiger partial charge in [-0.25, -0.2) is 4.39 Å². The second-order valence-electron chi connectivity index (χ2n) is 4.48. The zero-order valence-corrected chi connectivity index (χ0v) is 14.4. The van der Waals surface area contributed by atoms with Crippen molar-refractivity contribution in [2.24, 2.45) is 0 Å². The molecule has 0 spiro atoms. The molecule has 1 unspecified atom stereocenters. The van der Waals surface area contributed by atoms with E-state index in [-0.39, 0.29) is 11.2 Å². The summed E-state index contributed by atoms with van der Waals surface area (Å²) in [5, 5.41) is -0.303. The van der Waals surface area contributed by atoms with Crippen molar-refractivity contribution in [3.8, 4) is 0 Å². The highest BCUT2D eigenvalue weighted by atomic mass is 79.9. The molecule has 0 fully saturated rings. The number of hydrogen-bond donors (Lipinski definition) is 0. The molecule has 0 bridgehead atoms. The number of rotatable bonds is 2. The predicted molar refractivity (Wildman–Crippen MR) is 85.4 cm³/mol. The minimum Gasteiger partial charge on any atom is -0.207 e. The molecule has 0 N–H and O–H groups in total. The van der Waals surface area contributed by atoms with Crippen molar-refractivity contribution in [1.29, 1.82) is 0 Å². The summed E-state index contributed by atoms with van der Waals surface area (Å²) >= 11 is 13.5. The summed E-state index contributed by atoms with van der Waals surface area (Å²) in [6.45, 7) is 3.76. The van der Waals surface area contributed by atoms with Gasteiger partial charge in [-0.05, 0) is 60.4 Å². The Balaban J connectivity index is 2.53. The van der Waals surface area contributed by atoms with E-state index in [0.717, 1.165) is 31.2 Å². The second-order valence-corrected chi connectivity index (χ2v) is 6.69. The van der Waals surface area contributed by atoms with Crippen LogP contribution in [0.1, 0.15) is 27.6 Å². The van der Waals surface area contributed by atoms with E-state index in [4.69, 9.17) is 11.6 Å². The summed E-state index contributed by atoms with van der Waals surface area (Å²) in [6, 6.07) is 8.91. The lowest BCUT2D eigenvalue weighted by atomic mass is 9.95. The lowest BCUT2D eigenvalue weighted by Gasteiger charge is -2.18. The maximum absolute atomic E-state index is 13.3. The normalized spacial score (nSPS) is 12.5. The summed E-state index contributed by atoms with van der Waals surface area (Å²) < 4.78 is 15.3. The molecule has 19 heavy (non-hydrogen) atoms. The van der Waals surface area contributed by atoms with E-state index in [1.54, 1.807) is 0 Å². The number of aryl methyl sites for hydroxylation is 2. The SMILES string of the molecule is Cc1cc(F)cc(C)c1C(Cl)c1ccc(Br)cc1Br. The average molecular weight is 407 g/mol. The van der Waals surface area contributed by atoms with Crippen LogP contribution in [0.3, 0.4) is 0 Å². The van der Waals surface area contributed by atoms with Gasteiger partial charge in [-0.3, -0.25) is 0 Å². The fourth-order valence-electron chi connectivity index (χ4n) is 2.18. The molecular formula is C15H12Br2ClF. The summed E-state index contributed by atoms with van der Waals surface area (Å²) in [5.41, 5.74) is 3.67. The van der Waals surface area contributed by atoms with Crippen molar-refractivity contribution in [3.63, 3.8) is 0 Å². The first kappa shape index (κ1) is 15.0. The number of benzene rings is 2. The molecule has 0 nitrogen and oxygen atoms in total. The highest BCUT2D eigenvalue weighted by Gasteiger charge is 2.19. The van der Waals surface area contributed by atoms with Crippen molar-refractivity contribution >= 4 is 43.5 Å². The van der Waals surface area contributed by atoms with Gasteiger partial charge in [0, 0.05) is 8.95 Å². The van der Waals surface area contributed by atoms with Gasteiger partial charge in [-0.1, -0.05) is 37.9 Å². The molecule has 1 atom stereocenters. The van der Waals surface area contributed by atoms with Crippen LogP contribution in [0.15, 0.2) is 39.3 Å². The van der Waals surface area contributed by atoms with Crippen molar-refractivity contribution in [1.82, 2.24) is 0 Å². The minimum absolute atomic E-state index is 0.225. The topological polar surface area (TPSA) is 0 Å². The molecule has 0 amide bonds. The number of hydrogen-bond acceptors (Lipinski definition) is 0. The van der Waals surface area contributed by atoms with Crippen LogP contribution in [0.5, 0.6) is 0 Å². The van der Waals surface area contributed by atoms with Crippen molar-refractivity contribution in [2.45, 2.75) is 19.2 Å². The third kappa shape index (κ3) is 3.21. The van der Waals surface area contributed by atoms with Crippen LogP contribution in [0, 0.1) is 19.7 Å². The Labute approximate surface area is 134 Å². The van der Waals surface area contributed by atoms with Crippen LogP contribution >= 0.6 is 43.5 Å². The highest BCUT2D eigenvalue weighted by molar-refractivity contribution is 9.11. The van der Waals surface area contributed by atoms with Crippen LogP contribution < -0.4 is 0 Å². The molecule has 2 aromatic rings. The molecule has 0 radical (unpaired) electrons. The summed E-state index contributed by atoms with van der Waals surface area (Å²) in [4.78, 5) is 0. The molecular weight excluding hydrogens is 394 g/mol. The average Bonchev–Trinajstić information content (AvgIpc) is 2.26. The molecule has 0 aromatic heterocycles. The van der Waals surface area contributed by atoms with Gasteiger partial charge in [0.05, 0.1) is 5.38 Å². The summed E-state index contributed by atoms with van der Waals surface area (Å²) in [5.74, 6) is -0.225. The Morgan fingerprint density at radius 1 is 1.05 bits per heavy atom. The van der Waals surface area contributed by atoms with E-state index in [2.05, 4.69) is 31.9 Å². The van der Waals surface area contributed by atoms with Crippen molar-refractivity contribution in [2.75, 3.05) is 0 Å². The van der Waals surface area contributed by atoms with Gasteiger partial charge >= 0.3 is 0 Å². The van der Waals surface area contributed by atoms with Gasteiger partial charge in [0.2, 0.25) is 0 Å². The van der Waals surface area contributed by atoms with Crippen LogP contribution in [0.25, 0.3) is 0 Å². The number of alkyl halides is 1. The minimum atomic E-state index is -0.303. The molecule has 0 saturated carbocycles. The Morgan fingerprint density at radius 2 is 1.63 bits per heavy atom. The van der Waals surface area contributed by atoms with Crippen LogP contribution in [0.4, 0.5) is 4.39 Å². The Bertz CT molecular complexity index is 603. The molecule has 100 valence electrons. The molecule has 0 aliphatic heterocycles. The maximum Gasteiger partial charge on any atom is 0.123 e.